The molecule has 0 saturated carbocycles. The molecule has 3 heterocycles. The molecule has 0 saturated heterocycles. The number of rotatable bonds is 4. The number of aromatic hydroxyl groups is 1. The van der Waals surface area contributed by atoms with Gasteiger partial charge in [-0.15, -0.1) is 0 Å². The van der Waals surface area contributed by atoms with Gasteiger partial charge >= 0.3 is 0 Å². The molecule has 4 aromatic rings. The Morgan fingerprint density at radius 3 is 2.46 bits per heavy atom. The van der Waals surface area contributed by atoms with E-state index in [1.54, 1.807) is 37.8 Å². The van der Waals surface area contributed by atoms with E-state index in [0.29, 0.717) is 34.5 Å². The first kappa shape index (κ1) is 14.2. The summed E-state index contributed by atoms with van der Waals surface area (Å²) in [5.41, 5.74) is 2.07. The standard InChI is InChI=1S/C18H14N2O4/c1-22-15-10-11(21)6-7-12(15)18-19-16(13-4-2-8-23-13)17(20-18)14-5-3-9-24-14/h2-10,21H,1H3,(H,19,20). The molecule has 24 heavy (non-hydrogen) atoms. The molecule has 6 heteroatoms. The zero-order chi connectivity index (χ0) is 16.5. The number of ether oxygens (including phenoxy) is 1. The van der Waals surface area contributed by atoms with E-state index in [9.17, 15) is 5.11 Å². The van der Waals surface area contributed by atoms with Crippen LogP contribution in [0.5, 0.6) is 11.5 Å². The second kappa shape index (κ2) is 5.66. The number of benzene rings is 1. The molecule has 120 valence electrons. The van der Waals surface area contributed by atoms with Crippen LogP contribution in [0.1, 0.15) is 0 Å². The summed E-state index contributed by atoms with van der Waals surface area (Å²) in [5, 5.41) is 9.64. The highest BCUT2D eigenvalue weighted by Gasteiger charge is 2.20. The number of methoxy groups -OCH3 is 1. The molecule has 6 nitrogen and oxygen atoms in total. The average molecular weight is 322 g/mol. The Kier molecular flexibility index (Phi) is 3.35. The first-order valence-corrected chi connectivity index (χ1v) is 7.31. The summed E-state index contributed by atoms with van der Waals surface area (Å²) >= 11 is 0. The third-order valence-electron chi connectivity index (χ3n) is 3.67. The Balaban J connectivity index is 1.91. The van der Waals surface area contributed by atoms with Crippen LogP contribution in [-0.2, 0) is 0 Å². The fourth-order valence-corrected chi connectivity index (χ4v) is 2.57. The normalized spacial score (nSPS) is 10.9. The lowest BCUT2D eigenvalue weighted by molar-refractivity contribution is 0.409. The number of hydrogen-bond donors (Lipinski definition) is 2. The molecule has 0 amide bonds. The third kappa shape index (κ3) is 2.34. The third-order valence-corrected chi connectivity index (χ3v) is 3.67. The predicted molar refractivity (Wildman–Crippen MR) is 87.6 cm³/mol. The van der Waals surface area contributed by atoms with Crippen molar-refractivity contribution >= 4 is 0 Å². The van der Waals surface area contributed by atoms with Crippen molar-refractivity contribution in [1.82, 2.24) is 9.97 Å². The van der Waals surface area contributed by atoms with Crippen molar-refractivity contribution in [2.24, 2.45) is 0 Å². The van der Waals surface area contributed by atoms with Crippen molar-refractivity contribution in [3.8, 4) is 45.8 Å². The highest BCUT2D eigenvalue weighted by Crippen LogP contribution is 2.37. The van der Waals surface area contributed by atoms with Gasteiger partial charge in [-0.3, -0.25) is 0 Å². The molecule has 0 unspecified atom stereocenters. The molecule has 0 aliphatic carbocycles. The van der Waals surface area contributed by atoms with Crippen LogP contribution in [0, 0.1) is 0 Å². The van der Waals surface area contributed by atoms with Gasteiger partial charge in [-0.1, -0.05) is 0 Å². The maximum atomic E-state index is 9.64. The molecule has 0 spiro atoms. The quantitative estimate of drug-likeness (QED) is 0.585. The maximum Gasteiger partial charge on any atom is 0.154 e. The summed E-state index contributed by atoms with van der Waals surface area (Å²) in [6.07, 6.45) is 3.19. The summed E-state index contributed by atoms with van der Waals surface area (Å²) in [7, 11) is 1.54. The van der Waals surface area contributed by atoms with Gasteiger partial charge < -0.3 is 23.7 Å². The second-order valence-electron chi connectivity index (χ2n) is 5.15. The second-order valence-corrected chi connectivity index (χ2v) is 5.15. The van der Waals surface area contributed by atoms with Gasteiger partial charge in [0.25, 0.3) is 0 Å². The largest absolute Gasteiger partial charge is 0.508 e. The van der Waals surface area contributed by atoms with E-state index in [0.717, 1.165) is 5.56 Å². The number of hydrogen-bond acceptors (Lipinski definition) is 5. The average Bonchev–Trinajstić information content (AvgIpc) is 3.33. The minimum Gasteiger partial charge on any atom is -0.508 e. The Labute approximate surface area is 137 Å². The minimum atomic E-state index is 0.125. The number of nitrogens with zero attached hydrogens (tertiary/aromatic N) is 1. The van der Waals surface area contributed by atoms with E-state index in [4.69, 9.17) is 13.6 Å². The number of H-pyrrole nitrogens is 1. The zero-order valence-corrected chi connectivity index (χ0v) is 12.8. The molecule has 4 rings (SSSR count). The van der Waals surface area contributed by atoms with Gasteiger partial charge in [0.1, 0.15) is 28.7 Å². The lowest BCUT2D eigenvalue weighted by atomic mass is 10.2. The molecule has 0 fully saturated rings. The first-order chi connectivity index (χ1) is 11.8. The molecular formula is C18H14N2O4. The smallest absolute Gasteiger partial charge is 0.154 e. The zero-order valence-electron chi connectivity index (χ0n) is 12.8. The number of imidazole rings is 1. The number of furan rings is 2. The highest BCUT2D eigenvalue weighted by atomic mass is 16.5. The number of phenols is 1. The minimum absolute atomic E-state index is 0.125. The fraction of sp³-hybridized carbons (Fsp3) is 0.0556. The number of aromatic amines is 1. The van der Waals surface area contributed by atoms with Gasteiger partial charge in [0, 0.05) is 6.07 Å². The molecule has 0 aliphatic heterocycles. The van der Waals surface area contributed by atoms with Gasteiger partial charge in [0.2, 0.25) is 0 Å². The van der Waals surface area contributed by atoms with Crippen molar-refractivity contribution in [1.29, 1.82) is 0 Å². The van der Waals surface area contributed by atoms with Crippen molar-refractivity contribution in [3.63, 3.8) is 0 Å². The molecule has 3 aromatic heterocycles. The van der Waals surface area contributed by atoms with Crippen molar-refractivity contribution in [3.05, 3.63) is 55.0 Å². The number of phenolic OH excluding ortho intramolecular Hbond substituents is 1. The van der Waals surface area contributed by atoms with Crippen LogP contribution in [0.4, 0.5) is 0 Å². The van der Waals surface area contributed by atoms with Crippen LogP contribution in [0.3, 0.4) is 0 Å². The summed E-state index contributed by atoms with van der Waals surface area (Å²) < 4.78 is 16.3. The molecule has 0 atom stereocenters. The Morgan fingerprint density at radius 2 is 1.79 bits per heavy atom. The Morgan fingerprint density at radius 1 is 1.04 bits per heavy atom. The summed E-state index contributed by atoms with van der Waals surface area (Å²) in [6.45, 7) is 0. The molecule has 0 radical (unpaired) electrons. The van der Waals surface area contributed by atoms with E-state index in [1.165, 1.54) is 6.07 Å². The van der Waals surface area contributed by atoms with E-state index in [1.807, 2.05) is 18.2 Å². The summed E-state index contributed by atoms with van der Waals surface area (Å²) in [6, 6.07) is 12.2. The molecule has 0 aliphatic rings. The highest BCUT2D eigenvalue weighted by molar-refractivity contribution is 5.78. The van der Waals surface area contributed by atoms with Gasteiger partial charge in [-0.2, -0.15) is 0 Å². The SMILES string of the molecule is COc1cc(O)ccc1-c1nc(-c2ccco2)c(-c2ccco2)[nH]1. The summed E-state index contributed by atoms with van der Waals surface area (Å²) in [5.74, 6) is 2.50. The van der Waals surface area contributed by atoms with E-state index < -0.39 is 0 Å². The van der Waals surface area contributed by atoms with E-state index >= 15 is 0 Å². The van der Waals surface area contributed by atoms with Crippen LogP contribution in [0.25, 0.3) is 34.3 Å². The lowest BCUT2D eigenvalue weighted by Gasteiger charge is -2.06. The van der Waals surface area contributed by atoms with Gasteiger partial charge in [0.05, 0.1) is 25.2 Å². The van der Waals surface area contributed by atoms with Crippen molar-refractivity contribution in [2.45, 2.75) is 0 Å². The van der Waals surface area contributed by atoms with Crippen molar-refractivity contribution in [2.75, 3.05) is 7.11 Å². The predicted octanol–water partition coefficient (Wildman–Crippen LogP) is 4.31. The van der Waals surface area contributed by atoms with Crippen LogP contribution in [0.2, 0.25) is 0 Å². The van der Waals surface area contributed by atoms with Crippen LogP contribution in [0.15, 0.2) is 63.8 Å². The van der Waals surface area contributed by atoms with Gasteiger partial charge in [-0.25, -0.2) is 4.98 Å². The summed E-state index contributed by atoms with van der Waals surface area (Å²) in [4.78, 5) is 7.90. The monoisotopic (exact) mass is 322 g/mol. The topological polar surface area (TPSA) is 84.4 Å². The molecule has 2 N–H and O–H groups in total. The van der Waals surface area contributed by atoms with Crippen LogP contribution in [-0.4, -0.2) is 22.2 Å². The van der Waals surface area contributed by atoms with Gasteiger partial charge in [-0.05, 0) is 36.4 Å². The lowest BCUT2D eigenvalue weighted by Crippen LogP contribution is -1.89. The molecule has 1 aromatic carbocycles. The van der Waals surface area contributed by atoms with E-state index in [2.05, 4.69) is 9.97 Å². The first-order valence-electron chi connectivity index (χ1n) is 7.31. The Hall–Kier alpha value is -3.41. The Bertz CT molecular complexity index is 902. The maximum absolute atomic E-state index is 9.64. The number of nitrogens with one attached hydrogen (secondary N) is 1. The van der Waals surface area contributed by atoms with Crippen LogP contribution < -0.4 is 4.74 Å². The molecular weight excluding hydrogens is 308 g/mol. The number of aromatic nitrogens is 2. The van der Waals surface area contributed by atoms with Crippen LogP contribution >= 0.6 is 0 Å². The fourth-order valence-electron chi connectivity index (χ4n) is 2.57. The molecule has 0 bridgehead atoms. The van der Waals surface area contributed by atoms with Gasteiger partial charge in [0.15, 0.2) is 11.5 Å². The van der Waals surface area contributed by atoms with Crippen molar-refractivity contribution < 1.29 is 18.7 Å². The van der Waals surface area contributed by atoms with E-state index in [-0.39, 0.29) is 5.75 Å².